The van der Waals surface area contributed by atoms with Gasteiger partial charge in [-0.25, -0.2) is 14.3 Å². The van der Waals surface area contributed by atoms with Crippen LogP contribution in [0.15, 0.2) is 67.1 Å². The van der Waals surface area contributed by atoms with Crippen LogP contribution in [0.5, 0.6) is 0 Å². The van der Waals surface area contributed by atoms with E-state index in [1.54, 1.807) is 35.4 Å². The topological polar surface area (TPSA) is 77.6 Å². The van der Waals surface area contributed by atoms with Crippen molar-refractivity contribution in [2.45, 2.75) is 32.2 Å². The molecule has 0 spiro atoms. The zero-order valence-electron chi connectivity index (χ0n) is 16.7. The lowest BCUT2D eigenvalue weighted by molar-refractivity contribution is 0.102. The highest BCUT2D eigenvalue weighted by Gasteiger charge is 2.25. The highest BCUT2D eigenvalue weighted by atomic mass is 16.2. The van der Waals surface area contributed by atoms with Crippen molar-refractivity contribution in [3.05, 3.63) is 89.5 Å². The quantitative estimate of drug-likeness (QED) is 0.565. The molecule has 7 nitrogen and oxygen atoms in total. The summed E-state index contributed by atoms with van der Waals surface area (Å²) in [5, 5.41) is 11.8. The van der Waals surface area contributed by atoms with Gasteiger partial charge in [-0.2, -0.15) is 10.2 Å². The number of anilines is 1. The van der Waals surface area contributed by atoms with Gasteiger partial charge in [0.05, 0.1) is 12.2 Å². The number of aryl methyl sites for hydroxylation is 2. The molecular weight excluding hydrogens is 376 g/mol. The Labute approximate surface area is 174 Å². The molecule has 3 aromatic heterocycles. The maximum absolute atomic E-state index is 13.0. The maximum Gasteiger partial charge on any atom is 0.275 e. The summed E-state index contributed by atoms with van der Waals surface area (Å²) >= 11 is 0. The molecule has 0 saturated heterocycles. The van der Waals surface area contributed by atoms with Crippen LogP contribution in [0.25, 0.3) is 5.82 Å². The average molecular weight is 398 g/mol. The number of rotatable bonds is 4. The second-order valence-electron chi connectivity index (χ2n) is 7.51. The largest absolute Gasteiger partial charge is 0.305 e. The van der Waals surface area contributed by atoms with E-state index in [1.807, 2.05) is 23.7 Å². The predicted molar refractivity (Wildman–Crippen MR) is 114 cm³/mol. The Bertz CT molecular complexity index is 1190. The second-order valence-corrected chi connectivity index (χ2v) is 7.51. The van der Waals surface area contributed by atoms with Crippen molar-refractivity contribution in [3.8, 4) is 5.82 Å². The van der Waals surface area contributed by atoms with Crippen LogP contribution in [0.1, 0.15) is 46.1 Å². The molecule has 1 N–H and O–H groups in total. The predicted octanol–water partition coefficient (Wildman–Crippen LogP) is 3.95. The van der Waals surface area contributed by atoms with E-state index in [9.17, 15) is 4.79 Å². The monoisotopic (exact) mass is 398 g/mol. The Morgan fingerprint density at radius 1 is 1.10 bits per heavy atom. The third kappa shape index (κ3) is 3.28. The van der Waals surface area contributed by atoms with Crippen molar-refractivity contribution < 1.29 is 4.79 Å². The van der Waals surface area contributed by atoms with Crippen molar-refractivity contribution >= 4 is 11.7 Å². The summed E-state index contributed by atoms with van der Waals surface area (Å²) in [5.41, 5.74) is 3.89. The molecule has 7 heteroatoms. The molecule has 1 aliphatic rings. The molecule has 4 aromatic rings. The van der Waals surface area contributed by atoms with Gasteiger partial charge in [-0.05, 0) is 55.5 Å². The highest BCUT2D eigenvalue weighted by Crippen LogP contribution is 2.35. The SMILES string of the molecule is Cc1cnn(C2CCCc3ccccc32)c1NC(=O)c1cccc(-n2cccn2)n1. The molecule has 0 fully saturated rings. The molecule has 150 valence electrons. The van der Waals surface area contributed by atoms with Crippen LogP contribution < -0.4 is 5.32 Å². The van der Waals surface area contributed by atoms with Gasteiger partial charge in [0.25, 0.3) is 5.91 Å². The fourth-order valence-electron chi connectivity index (χ4n) is 4.08. The van der Waals surface area contributed by atoms with Crippen LogP contribution in [0, 0.1) is 6.92 Å². The molecule has 1 aromatic carbocycles. The van der Waals surface area contributed by atoms with Gasteiger partial charge in [-0.15, -0.1) is 0 Å². The van der Waals surface area contributed by atoms with E-state index < -0.39 is 0 Å². The number of pyridine rings is 1. The van der Waals surface area contributed by atoms with Gasteiger partial charge < -0.3 is 5.32 Å². The lowest BCUT2D eigenvalue weighted by atomic mass is 9.88. The van der Waals surface area contributed by atoms with Gasteiger partial charge in [-0.1, -0.05) is 30.3 Å². The van der Waals surface area contributed by atoms with Gasteiger partial charge in [0.1, 0.15) is 11.5 Å². The summed E-state index contributed by atoms with van der Waals surface area (Å²) in [6, 6.07) is 15.7. The van der Waals surface area contributed by atoms with E-state index in [-0.39, 0.29) is 11.9 Å². The molecule has 1 amide bonds. The van der Waals surface area contributed by atoms with Gasteiger partial charge in [0.15, 0.2) is 5.82 Å². The van der Waals surface area contributed by atoms with Crippen molar-refractivity contribution in [3.63, 3.8) is 0 Å². The first-order valence-electron chi connectivity index (χ1n) is 10.1. The second kappa shape index (κ2) is 7.59. The van der Waals surface area contributed by atoms with E-state index in [4.69, 9.17) is 0 Å². The summed E-state index contributed by atoms with van der Waals surface area (Å²) in [5.74, 6) is 1.05. The zero-order chi connectivity index (χ0) is 20.5. The van der Waals surface area contributed by atoms with E-state index in [2.05, 4.69) is 44.8 Å². The van der Waals surface area contributed by atoms with Gasteiger partial charge in [-0.3, -0.25) is 4.79 Å². The van der Waals surface area contributed by atoms with E-state index >= 15 is 0 Å². The van der Waals surface area contributed by atoms with Gasteiger partial charge in [0.2, 0.25) is 0 Å². The minimum absolute atomic E-state index is 0.113. The van der Waals surface area contributed by atoms with Gasteiger partial charge >= 0.3 is 0 Å². The fourth-order valence-corrected chi connectivity index (χ4v) is 4.08. The number of aromatic nitrogens is 5. The molecule has 3 heterocycles. The van der Waals surface area contributed by atoms with Crippen LogP contribution >= 0.6 is 0 Å². The summed E-state index contributed by atoms with van der Waals surface area (Å²) in [6.45, 7) is 1.96. The number of amides is 1. The van der Waals surface area contributed by atoms with E-state index in [0.29, 0.717) is 17.3 Å². The minimum Gasteiger partial charge on any atom is -0.305 e. The average Bonchev–Trinajstić information content (AvgIpc) is 3.44. The zero-order valence-corrected chi connectivity index (χ0v) is 16.7. The molecule has 0 bridgehead atoms. The highest BCUT2D eigenvalue weighted by molar-refractivity contribution is 6.02. The van der Waals surface area contributed by atoms with Crippen LogP contribution in [0.4, 0.5) is 5.82 Å². The van der Waals surface area contributed by atoms with E-state index in [0.717, 1.165) is 24.8 Å². The van der Waals surface area contributed by atoms with Crippen LogP contribution in [0.2, 0.25) is 0 Å². The Morgan fingerprint density at radius 3 is 2.87 bits per heavy atom. The third-order valence-corrected chi connectivity index (χ3v) is 5.55. The molecule has 0 saturated carbocycles. The number of hydrogen-bond donors (Lipinski definition) is 1. The molecule has 30 heavy (non-hydrogen) atoms. The standard InChI is InChI=1S/C23H22N6O/c1-16-15-25-29(20-11-4-8-17-7-2-3-9-18(17)20)22(16)27-23(30)19-10-5-12-21(26-19)28-14-6-13-24-28/h2-3,5-7,9-10,12-15,20H,4,8,11H2,1H3,(H,27,30). The summed E-state index contributed by atoms with van der Waals surface area (Å²) in [7, 11) is 0. The smallest absolute Gasteiger partial charge is 0.275 e. The fraction of sp³-hybridized carbons (Fsp3) is 0.217. The molecule has 0 radical (unpaired) electrons. The maximum atomic E-state index is 13.0. The summed E-state index contributed by atoms with van der Waals surface area (Å²) in [4.78, 5) is 17.5. The van der Waals surface area contributed by atoms with Crippen molar-refractivity contribution in [1.29, 1.82) is 0 Å². The number of fused-ring (bicyclic) bond motifs is 1. The molecule has 5 rings (SSSR count). The lowest BCUT2D eigenvalue weighted by Crippen LogP contribution is -2.23. The first kappa shape index (κ1) is 18.3. The number of carbonyl (C=O) groups excluding carboxylic acids is 1. The number of hydrogen-bond acceptors (Lipinski definition) is 4. The molecule has 1 atom stereocenters. The normalized spacial score (nSPS) is 15.6. The Morgan fingerprint density at radius 2 is 2.00 bits per heavy atom. The van der Waals surface area contributed by atoms with Crippen LogP contribution in [-0.4, -0.2) is 30.5 Å². The number of benzene rings is 1. The minimum atomic E-state index is -0.266. The molecule has 0 aliphatic heterocycles. The Balaban J connectivity index is 1.45. The molecule has 1 unspecified atom stereocenters. The van der Waals surface area contributed by atoms with Gasteiger partial charge in [0, 0.05) is 18.0 Å². The first-order valence-corrected chi connectivity index (χ1v) is 10.1. The number of carbonyl (C=O) groups is 1. The van der Waals surface area contributed by atoms with Crippen LogP contribution in [0.3, 0.4) is 0 Å². The van der Waals surface area contributed by atoms with Crippen molar-refractivity contribution in [2.75, 3.05) is 5.32 Å². The third-order valence-electron chi connectivity index (χ3n) is 5.55. The molecule has 1 aliphatic carbocycles. The Hall–Kier alpha value is -3.74. The van der Waals surface area contributed by atoms with E-state index in [1.165, 1.54) is 11.1 Å². The number of nitrogens with zero attached hydrogens (tertiary/aromatic N) is 5. The molecular formula is C23H22N6O. The summed E-state index contributed by atoms with van der Waals surface area (Å²) < 4.78 is 3.58. The Kier molecular flexibility index (Phi) is 4.63. The van der Waals surface area contributed by atoms with Crippen molar-refractivity contribution in [1.82, 2.24) is 24.5 Å². The number of nitrogens with one attached hydrogen (secondary N) is 1. The summed E-state index contributed by atoms with van der Waals surface area (Å²) in [6.07, 6.45) is 8.46. The first-order chi connectivity index (χ1) is 14.7. The lowest BCUT2D eigenvalue weighted by Gasteiger charge is -2.27. The van der Waals surface area contributed by atoms with Crippen molar-refractivity contribution in [2.24, 2.45) is 0 Å². The van der Waals surface area contributed by atoms with Crippen LogP contribution in [-0.2, 0) is 6.42 Å².